The predicted octanol–water partition coefficient (Wildman–Crippen LogP) is 4.16. The number of ether oxygens (including phenoxy) is 1. The van der Waals surface area contributed by atoms with Gasteiger partial charge in [0.1, 0.15) is 0 Å². The molecule has 10 heteroatoms. The highest BCUT2D eigenvalue weighted by molar-refractivity contribution is 14.1. The Kier molecular flexibility index (Phi) is 6.92. The molecule has 3 aromatic rings. The maximum atomic E-state index is 5.97. The molecule has 0 spiro atoms. The quantitative estimate of drug-likeness (QED) is 0.278. The van der Waals surface area contributed by atoms with Gasteiger partial charge in [0.2, 0.25) is 17.8 Å². The summed E-state index contributed by atoms with van der Waals surface area (Å²) in [6.45, 7) is 2.71. The van der Waals surface area contributed by atoms with Crippen molar-refractivity contribution >= 4 is 63.9 Å². The zero-order valence-electron chi connectivity index (χ0n) is 15.9. The number of anilines is 4. The molecule has 1 aliphatic rings. The average molecular weight is 536 g/mol. The lowest BCUT2D eigenvalue weighted by Gasteiger charge is -2.27. The van der Waals surface area contributed by atoms with E-state index >= 15 is 0 Å². The topological polar surface area (TPSA) is 87.6 Å². The molecule has 8 nitrogen and oxygen atoms in total. The minimum absolute atomic E-state index is 0.352. The average Bonchev–Trinajstić information content (AvgIpc) is 2.76. The van der Waals surface area contributed by atoms with E-state index in [2.05, 4.69) is 58.3 Å². The van der Waals surface area contributed by atoms with E-state index in [1.54, 1.807) is 18.3 Å². The summed E-state index contributed by atoms with van der Waals surface area (Å²) in [6, 6.07) is 15.4. The van der Waals surface area contributed by atoms with Crippen molar-refractivity contribution in [2.45, 2.75) is 0 Å². The van der Waals surface area contributed by atoms with Crippen molar-refractivity contribution in [3.8, 4) is 0 Å². The van der Waals surface area contributed by atoms with Crippen LogP contribution in [0.2, 0.25) is 5.02 Å². The number of rotatable bonds is 6. The minimum Gasteiger partial charge on any atom is -0.378 e. The number of hydrogen-bond donors (Lipinski definition) is 2. The van der Waals surface area contributed by atoms with Crippen LogP contribution in [-0.4, -0.2) is 47.5 Å². The first-order valence-electron chi connectivity index (χ1n) is 9.32. The highest BCUT2D eigenvalue weighted by Crippen LogP contribution is 2.20. The smallest absolute Gasteiger partial charge is 0.250 e. The van der Waals surface area contributed by atoms with Crippen LogP contribution in [0.15, 0.2) is 53.6 Å². The highest BCUT2D eigenvalue weighted by atomic mass is 127. The number of nitrogens with zero attached hydrogens (tertiary/aromatic N) is 5. The molecule has 1 aliphatic heterocycles. The minimum atomic E-state index is 0.352. The SMILES string of the molecule is Clc1ccc(Nc2nc(N/N=C\c3cccc(I)c3)nc(N3CCOCC3)n2)cc1. The number of aromatic nitrogens is 3. The van der Waals surface area contributed by atoms with Gasteiger partial charge in [0.05, 0.1) is 19.4 Å². The van der Waals surface area contributed by atoms with Crippen LogP contribution in [0, 0.1) is 3.57 Å². The van der Waals surface area contributed by atoms with Crippen molar-refractivity contribution in [2.75, 3.05) is 41.9 Å². The molecule has 154 valence electrons. The Morgan fingerprint density at radius 3 is 2.57 bits per heavy atom. The van der Waals surface area contributed by atoms with E-state index in [-0.39, 0.29) is 0 Å². The standard InChI is InChI=1S/C20H19ClIN7O/c21-15-4-6-17(7-5-15)24-18-25-19(27-20(26-18)29-8-10-30-11-9-29)28-23-13-14-2-1-3-16(22)12-14/h1-7,12-13H,8-11H2,(H2,24,25,26,27,28)/b23-13-. The van der Waals surface area contributed by atoms with Crippen LogP contribution in [0.1, 0.15) is 5.56 Å². The summed E-state index contributed by atoms with van der Waals surface area (Å²) in [7, 11) is 0. The summed E-state index contributed by atoms with van der Waals surface area (Å²) in [5.74, 6) is 1.34. The van der Waals surface area contributed by atoms with Crippen LogP contribution in [0.3, 0.4) is 0 Å². The van der Waals surface area contributed by atoms with Gasteiger partial charge in [0, 0.05) is 27.4 Å². The highest BCUT2D eigenvalue weighted by Gasteiger charge is 2.16. The van der Waals surface area contributed by atoms with Gasteiger partial charge in [-0.05, 0) is 64.6 Å². The summed E-state index contributed by atoms with van der Waals surface area (Å²) in [5.41, 5.74) is 4.72. The normalized spacial score (nSPS) is 14.1. The molecular weight excluding hydrogens is 517 g/mol. The number of halogens is 2. The van der Waals surface area contributed by atoms with E-state index in [1.165, 1.54) is 0 Å². The van der Waals surface area contributed by atoms with Crippen LogP contribution in [0.5, 0.6) is 0 Å². The Morgan fingerprint density at radius 1 is 1.03 bits per heavy atom. The summed E-state index contributed by atoms with van der Waals surface area (Å²) < 4.78 is 6.57. The van der Waals surface area contributed by atoms with Crippen molar-refractivity contribution in [1.82, 2.24) is 15.0 Å². The third kappa shape index (κ3) is 5.77. The second-order valence-electron chi connectivity index (χ2n) is 6.44. The molecule has 0 atom stereocenters. The summed E-state index contributed by atoms with van der Waals surface area (Å²) in [6.07, 6.45) is 1.73. The lowest BCUT2D eigenvalue weighted by Crippen LogP contribution is -2.37. The second kappa shape index (κ2) is 10.0. The van der Waals surface area contributed by atoms with E-state index in [4.69, 9.17) is 16.3 Å². The Hall–Kier alpha value is -2.50. The van der Waals surface area contributed by atoms with Gasteiger partial charge in [0.25, 0.3) is 0 Å². The molecule has 2 N–H and O–H groups in total. The Morgan fingerprint density at radius 2 is 1.80 bits per heavy atom. The van der Waals surface area contributed by atoms with Crippen LogP contribution in [0.4, 0.5) is 23.5 Å². The Bertz CT molecular complexity index is 1030. The van der Waals surface area contributed by atoms with Gasteiger partial charge in [-0.1, -0.05) is 23.7 Å². The number of benzene rings is 2. The lowest BCUT2D eigenvalue weighted by atomic mass is 10.2. The van der Waals surface area contributed by atoms with Gasteiger partial charge >= 0.3 is 0 Å². The molecule has 1 saturated heterocycles. The van der Waals surface area contributed by atoms with Gasteiger partial charge in [-0.15, -0.1) is 0 Å². The van der Waals surface area contributed by atoms with Crippen molar-refractivity contribution < 1.29 is 4.74 Å². The molecule has 0 radical (unpaired) electrons. The van der Waals surface area contributed by atoms with Crippen molar-refractivity contribution in [3.63, 3.8) is 0 Å². The van der Waals surface area contributed by atoms with Crippen LogP contribution >= 0.6 is 34.2 Å². The first kappa shape index (κ1) is 20.8. The fourth-order valence-corrected chi connectivity index (χ4v) is 3.48. The first-order valence-corrected chi connectivity index (χ1v) is 10.8. The number of nitrogens with one attached hydrogen (secondary N) is 2. The predicted molar refractivity (Wildman–Crippen MR) is 128 cm³/mol. The Balaban J connectivity index is 1.56. The fourth-order valence-electron chi connectivity index (χ4n) is 2.79. The zero-order valence-corrected chi connectivity index (χ0v) is 18.8. The first-order chi connectivity index (χ1) is 14.7. The van der Waals surface area contributed by atoms with Gasteiger partial charge in [0.15, 0.2) is 0 Å². The molecule has 1 aromatic heterocycles. The number of morpholine rings is 1. The van der Waals surface area contributed by atoms with Gasteiger partial charge < -0.3 is 15.0 Å². The van der Waals surface area contributed by atoms with E-state index in [1.807, 2.05) is 36.4 Å². The second-order valence-corrected chi connectivity index (χ2v) is 8.12. The zero-order chi connectivity index (χ0) is 20.8. The maximum absolute atomic E-state index is 5.97. The molecule has 0 amide bonds. The maximum Gasteiger partial charge on any atom is 0.250 e. The van der Waals surface area contributed by atoms with Crippen molar-refractivity contribution in [3.05, 3.63) is 62.7 Å². The molecule has 0 saturated carbocycles. The van der Waals surface area contributed by atoms with Gasteiger partial charge in [-0.3, -0.25) is 0 Å². The van der Waals surface area contributed by atoms with E-state index in [9.17, 15) is 0 Å². The van der Waals surface area contributed by atoms with Crippen LogP contribution in [-0.2, 0) is 4.74 Å². The van der Waals surface area contributed by atoms with Crippen LogP contribution in [0.25, 0.3) is 0 Å². The van der Waals surface area contributed by atoms with Gasteiger partial charge in [-0.25, -0.2) is 5.43 Å². The van der Waals surface area contributed by atoms with Crippen LogP contribution < -0.4 is 15.6 Å². The Labute approximate surface area is 192 Å². The summed E-state index contributed by atoms with van der Waals surface area (Å²) >= 11 is 8.24. The monoisotopic (exact) mass is 535 g/mol. The van der Waals surface area contributed by atoms with E-state index < -0.39 is 0 Å². The molecule has 2 aromatic carbocycles. The van der Waals surface area contributed by atoms with Gasteiger partial charge in [-0.2, -0.15) is 20.1 Å². The number of hydrogen-bond acceptors (Lipinski definition) is 8. The third-order valence-corrected chi connectivity index (χ3v) is 5.17. The fraction of sp³-hybridized carbons (Fsp3) is 0.200. The van der Waals surface area contributed by atoms with E-state index in [0.717, 1.165) is 27.9 Å². The van der Waals surface area contributed by atoms with Crippen molar-refractivity contribution in [2.24, 2.45) is 5.10 Å². The molecular formula is C20H19ClIN7O. The molecule has 2 heterocycles. The molecule has 0 aliphatic carbocycles. The van der Waals surface area contributed by atoms with E-state index in [0.29, 0.717) is 36.1 Å². The largest absolute Gasteiger partial charge is 0.378 e. The summed E-state index contributed by atoms with van der Waals surface area (Å²) in [4.78, 5) is 15.6. The molecule has 0 bridgehead atoms. The van der Waals surface area contributed by atoms with Crippen molar-refractivity contribution in [1.29, 1.82) is 0 Å². The third-order valence-electron chi connectivity index (χ3n) is 4.24. The molecule has 1 fully saturated rings. The molecule has 30 heavy (non-hydrogen) atoms. The molecule has 4 rings (SSSR count). The summed E-state index contributed by atoms with van der Waals surface area (Å²) in [5, 5.41) is 8.14. The lowest BCUT2D eigenvalue weighted by molar-refractivity contribution is 0.122. The molecule has 0 unspecified atom stereocenters. The number of hydrazone groups is 1.